The number of hydrogen-bond donors (Lipinski definition) is 0. The van der Waals surface area contributed by atoms with Crippen molar-refractivity contribution in [1.82, 2.24) is 0 Å². The van der Waals surface area contributed by atoms with Crippen LogP contribution in [0.4, 0.5) is 0 Å². The van der Waals surface area contributed by atoms with Crippen LogP contribution in [-0.4, -0.2) is 37.0 Å². The largest absolute Gasteiger partial charge is 0.459 e. The Hall–Kier alpha value is -1.92. The van der Waals surface area contributed by atoms with E-state index in [1.165, 1.54) is 13.3 Å². The lowest BCUT2D eigenvalue weighted by atomic mass is 9.94. The quantitative estimate of drug-likeness (QED) is 0.623. The number of hydrogen-bond acceptors (Lipinski definition) is 6. The van der Waals surface area contributed by atoms with Gasteiger partial charge in [0.2, 0.25) is 0 Å². The lowest BCUT2D eigenvalue weighted by Gasteiger charge is -2.31. The van der Waals surface area contributed by atoms with Gasteiger partial charge in [-0.25, -0.2) is 4.79 Å². The van der Waals surface area contributed by atoms with Gasteiger partial charge in [0.1, 0.15) is 24.0 Å². The second-order valence-corrected chi connectivity index (χ2v) is 6.21. The zero-order chi connectivity index (χ0) is 17.0. The van der Waals surface area contributed by atoms with Gasteiger partial charge in [0.25, 0.3) is 0 Å². The molecule has 1 aromatic rings. The Morgan fingerprint density at radius 2 is 1.96 bits per heavy atom. The van der Waals surface area contributed by atoms with Gasteiger partial charge >= 0.3 is 11.9 Å². The fourth-order valence-corrected chi connectivity index (χ4v) is 3.18. The molecule has 0 radical (unpaired) electrons. The first kappa shape index (κ1) is 16.9. The van der Waals surface area contributed by atoms with Crippen LogP contribution in [0.3, 0.4) is 0 Å². The summed E-state index contributed by atoms with van der Waals surface area (Å²) < 4.78 is 22.2. The molecule has 1 spiro atoms. The Bertz CT molecular complexity index is 605. The van der Waals surface area contributed by atoms with Crippen molar-refractivity contribution in [2.75, 3.05) is 13.2 Å². The maximum Gasteiger partial charge on any atom is 0.342 e. The summed E-state index contributed by atoms with van der Waals surface area (Å²) in [4.78, 5) is 23.4. The Balaban J connectivity index is 1.56. The van der Waals surface area contributed by atoms with Gasteiger partial charge in [0.15, 0.2) is 5.79 Å². The highest BCUT2D eigenvalue weighted by atomic mass is 16.8. The number of carbonyl (C=O) groups excluding carboxylic acids is 2. The van der Waals surface area contributed by atoms with Crippen LogP contribution < -0.4 is 4.74 Å². The number of para-hydroxylation sites is 1. The summed E-state index contributed by atoms with van der Waals surface area (Å²) in [6, 6.07) is 6.50. The van der Waals surface area contributed by atoms with Crippen molar-refractivity contribution in [2.24, 2.45) is 0 Å². The molecule has 2 aliphatic rings. The minimum atomic E-state index is -0.542. The fourth-order valence-electron chi connectivity index (χ4n) is 3.18. The summed E-state index contributed by atoms with van der Waals surface area (Å²) in [5, 5.41) is 0. The average Bonchev–Trinajstić information content (AvgIpc) is 2.96. The highest BCUT2D eigenvalue weighted by Crippen LogP contribution is 2.37. The van der Waals surface area contributed by atoms with Crippen molar-refractivity contribution in [2.45, 2.75) is 50.9 Å². The second kappa shape index (κ2) is 7.32. The molecular weight excluding hydrogens is 312 g/mol. The Morgan fingerprint density at radius 3 is 2.71 bits per heavy atom. The van der Waals surface area contributed by atoms with Gasteiger partial charge in [0, 0.05) is 19.8 Å². The van der Waals surface area contributed by atoms with Crippen LogP contribution in [0.1, 0.15) is 49.4 Å². The van der Waals surface area contributed by atoms with Crippen molar-refractivity contribution in [3.05, 3.63) is 29.8 Å². The molecule has 1 aliphatic carbocycles. The summed E-state index contributed by atoms with van der Waals surface area (Å²) in [6.45, 7) is 1.84. The van der Waals surface area contributed by atoms with E-state index in [1.54, 1.807) is 24.3 Å². The SMILES string of the molecule is CC(=O)Oc1ccccc1C(=O)OCC1COC2(CCCCC2)O1. The van der Waals surface area contributed by atoms with E-state index in [2.05, 4.69) is 0 Å². The molecule has 130 valence electrons. The second-order valence-electron chi connectivity index (χ2n) is 6.21. The third-order valence-corrected chi connectivity index (χ3v) is 4.29. The zero-order valence-corrected chi connectivity index (χ0v) is 13.8. The lowest BCUT2D eigenvalue weighted by Crippen LogP contribution is -2.34. The first-order chi connectivity index (χ1) is 11.6. The van der Waals surface area contributed by atoms with Crippen molar-refractivity contribution in [1.29, 1.82) is 0 Å². The summed E-state index contributed by atoms with van der Waals surface area (Å²) in [6.07, 6.45) is 4.94. The highest BCUT2D eigenvalue weighted by molar-refractivity contribution is 5.93. The molecule has 1 saturated heterocycles. The molecule has 1 aromatic carbocycles. The predicted octanol–water partition coefficient (Wildman–Crippen LogP) is 2.84. The van der Waals surface area contributed by atoms with Crippen LogP contribution in [0.25, 0.3) is 0 Å². The first-order valence-corrected chi connectivity index (χ1v) is 8.34. The average molecular weight is 334 g/mol. The van der Waals surface area contributed by atoms with E-state index in [9.17, 15) is 9.59 Å². The minimum absolute atomic E-state index is 0.120. The topological polar surface area (TPSA) is 71.1 Å². The highest BCUT2D eigenvalue weighted by Gasteiger charge is 2.42. The van der Waals surface area contributed by atoms with Crippen molar-refractivity contribution < 1.29 is 28.5 Å². The van der Waals surface area contributed by atoms with E-state index in [-0.39, 0.29) is 24.0 Å². The number of ether oxygens (including phenoxy) is 4. The summed E-state index contributed by atoms with van der Waals surface area (Å²) in [5.74, 6) is -1.31. The number of rotatable bonds is 4. The molecule has 1 atom stereocenters. The van der Waals surface area contributed by atoms with Crippen LogP contribution in [-0.2, 0) is 19.0 Å². The van der Waals surface area contributed by atoms with E-state index in [0.29, 0.717) is 6.61 Å². The molecule has 0 bridgehead atoms. The molecule has 6 heteroatoms. The fraction of sp³-hybridized carbons (Fsp3) is 0.556. The molecule has 3 rings (SSSR count). The molecule has 1 unspecified atom stereocenters. The lowest BCUT2D eigenvalue weighted by molar-refractivity contribution is -0.189. The Labute approximate surface area is 141 Å². The van der Waals surface area contributed by atoms with Crippen molar-refractivity contribution >= 4 is 11.9 Å². The van der Waals surface area contributed by atoms with Crippen LogP contribution in [0, 0.1) is 0 Å². The first-order valence-electron chi connectivity index (χ1n) is 8.34. The minimum Gasteiger partial charge on any atom is -0.459 e. The Morgan fingerprint density at radius 1 is 1.21 bits per heavy atom. The summed E-state index contributed by atoms with van der Waals surface area (Å²) >= 11 is 0. The number of esters is 2. The molecule has 0 aromatic heterocycles. The smallest absolute Gasteiger partial charge is 0.342 e. The molecule has 6 nitrogen and oxygen atoms in total. The predicted molar refractivity (Wildman–Crippen MR) is 84.7 cm³/mol. The number of carbonyl (C=O) groups is 2. The summed E-state index contributed by atoms with van der Waals surface area (Å²) in [7, 11) is 0. The van der Waals surface area contributed by atoms with Crippen LogP contribution in [0.2, 0.25) is 0 Å². The third kappa shape index (κ3) is 3.94. The Kier molecular flexibility index (Phi) is 5.16. The van der Waals surface area contributed by atoms with E-state index in [0.717, 1.165) is 25.7 Å². The molecule has 0 amide bonds. The standard InChI is InChI=1S/C18H22O6/c1-13(19)23-16-8-4-3-7-15(16)17(20)21-11-14-12-22-18(24-14)9-5-2-6-10-18/h3-4,7-8,14H,2,5-6,9-12H2,1H3. The van der Waals surface area contributed by atoms with E-state index in [1.807, 2.05) is 0 Å². The van der Waals surface area contributed by atoms with Gasteiger partial charge in [-0.15, -0.1) is 0 Å². The van der Waals surface area contributed by atoms with Gasteiger partial charge in [0.05, 0.1) is 6.61 Å². The zero-order valence-electron chi connectivity index (χ0n) is 13.8. The van der Waals surface area contributed by atoms with E-state index in [4.69, 9.17) is 18.9 Å². The molecule has 1 saturated carbocycles. The van der Waals surface area contributed by atoms with Crippen LogP contribution in [0.15, 0.2) is 24.3 Å². The number of benzene rings is 1. The van der Waals surface area contributed by atoms with E-state index < -0.39 is 17.7 Å². The molecule has 1 heterocycles. The van der Waals surface area contributed by atoms with E-state index >= 15 is 0 Å². The van der Waals surface area contributed by atoms with Gasteiger partial charge in [-0.3, -0.25) is 4.79 Å². The van der Waals surface area contributed by atoms with Crippen molar-refractivity contribution in [3.63, 3.8) is 0 Å². The van der Waals surface area contributed by atoms with Crippen LogP contribution in [0.5, 0.6) is 5.75 Å². The molecule has 1 aliphatic heterocycles. The maximum absolute atomic E-state index is 12.3. The van der Waals surface area contributed by atoms with Gasteiger partial charge in [-0.1, -0.05) is 18.6 Å². The molecule has 24 heavy (non-hydrogen) atoms. The normalized spacial score (nSPS) is 22.3. The van der Waals surface area contributed by atoms with Gasteiger partial charge < -0.3 is 18.9 Å². The summed E-state index contributed by atoms with van der Waals surface area (Å²) in [5.41, 5.74) is 0.221. The molecular formula is C18H22O6. The van der Waals surface area contributed by atoms with Gasteiger partial charge in [-0.05, 0) is 25.0 Å². The van der Waals surface area contributed by atoms with Crippen LogP contribution >= 0.6 is 0 Å². The maximum atomic E-state index is 12.3. The third-order valence-electron chi connectivity index (χ3n) is 4.29. The van der Waals surface area contributed by atoms with Gasteiger partial charge in [-0.2, -0.15) is 0 Å². The molecule has 0 N–H and O–H groups in total. The molecule has 2 fully saturated rings. The monoisotopic (exact) mass is 334 g/mol. The van der Waals surface area contributed by atoms with Crippen molar-refractivity contribution in [3.8, 4) is 5.75 Å².